The lowest BCUT2D eigenvalue weighted by molar-refractivity contribution is -0.384. The van der Waals surface area contributed by atoms with Crippen molar-refractivity contribution in [1.82, 2.24) is 5.32 Å². The van der Waals surface area contributed by atoms with Crippen LogP contribution >= 0.6 is 10.9 Å². The maximum absolute atomic E-state index is 12.7. The van der Waals surface area contributed by atoms with Crippen molar-refractivity contribution in [2.24, 2.45) is 0 Å². The predicted octanol–water partition coefficient (Wildman–Crippen LogP) is 3.88. The molecule has 1 atom stereocenters. The lowest BCUT2D eigenvalue weighted by Gasteiger charge is -2.23. The number of sulfone groups is 1. The maximum atomic E-state index is 12.7. The molecule has 1 unspecified atom stereocenters. The Morgan fingerprint density at radius 2 is 1.65 bits per heavy atom. The van der Waals surface area contributed by atoms with Gasteiger partial charge >= 0.3 is 12.0 Å². The molecule has 0 aliphatic carbocycles. The molecule has 0 saturated carbocycles. The second-order valence-electron chi connectivity index (χ2n) is 7.43. The van der Waals surface area contributed by atoms with Crippen LogP contribution in [0.15, 0.2) is 69.6 Å². The summed E-state index contributed by atoms with van der Waals surface area (Å²) in [6.45, 7) is 3.53. The Bertz CT molecular complexity index is 1330. The number of aliphatic carboxylic acids is 1. The first-order chi connectivity index (χ1) is 15.9. The molecule has 1 aliphatic heterocycles. The number of rotatable bonds is 7. The van der Waals surface area contributed by atoms with Crippen LogP contribution in [0.3, 0.4) is 0 Å². The van der Waals surface area contributed by atoms with Crippen LogP contribution in [0.5, 0.6) is 0 Å². The molecular weight excluding hydrogens is 482 g/mol. The van der Waals surface area contributed by atoms with Crippen LogP contribution in [0.1, 0.15) is 19.4 Å². The molecule has 0 aromatic heterocycles. The standard InChI is InChI=1S/C22H23N3O7S2/c1-4-33-19(14-5-9-16(10-6-14)25(29)30)13(2)18(21(26)27)20(33)24-22(28)23-15-7-11-17(12-8-15)34(3,31)32/h5-12,33H,4H2,1-3H3,(H,26,27)(H2,23,24,28). The number of benzene rings is 2. The summed E-state index contributed by atoms with van der Waals surface area (Å²) in [6, 6.07) is 10.8. The van der Waals surface area contributed by atoms with Gasteiger partial charge in [-0.05, 0) is 60.2 Å². The number of urea groups is 1. The van der Waals surface area contributed by atoms with Gasteiger partial charge in [0, 0.05) is 29.0 Å². The van der Waals surface area contributed by atoms with Gasteiger partial charge in [0.15, 0.2) is 9.84 Å². The van der Waals surface area contributed by atoms with Crippen LogP contribution in [0.4, 0.5) is 16.2 Å². The van der Waals surface area contributed by atoms with Gasteiger partial charge in [0.1, 0.15) is 0 Å². The molecule has 10 nitrogen and oxygen atoms in total. The Morgan fingerprint density at radius 1 is 1.06 bits per heavy atom. The number of nitro benzene ring substituents is 1. The van der Waals surface area contributed by atoms with Crippen LogP contribution in [0.25, 0.3) is 4.91 Å². The smallest absolute Gasteiger partial charge is 0.338 e. The van der Waals surface area contributed by atoms with Crippen LogP contribution < -0.4 is 10.6 Å². The number of nitrogens with zero attached hydrogens (tertiary/aromatic N) is 1. The van der Waals surface area contributed by atoms with E-state index in [2.05, 4.69) is 10.6 Å². The van der Waals surface area contributed by atoms with Crippen molar-refractivity contribution in [3.05, 3.63) is 80.4 Å². The number of carbonyl (C=O) groups is 2. The van der Waals surface area contributed by atoms with Crippen molar-refractivity contribution in [2.75, 3.05) is 17.3 Å². The lowest BCUT2D eigenvalue weighted by atomic mass is 10.1. The first-order valence-electron chi connectivity index (χ1n) is 10.0. The number of carboxylic acid groups (broad SMARTS) is 1. The van der Waals surface area contributed by atoms with E-state index < -0.39 is 37.7 Å². The van der Waals surface area contributed by atoms with Gasteiger partial charge in [-0.25, -0.2) is 18.0 Å². The molecule has 3 N–H and O–H groups in total. The average molecular weight is 506 g/mol. The summed E-state index contributed by atoms with van der Waals surface area (Å²) in [7, 11) is -4.63. The van der Waals surface area contributed by atoms with Crippen LogP contribution in [-0.2, 0) is 14.6 Å². The Kier molecular flexibility index (Phi) is 7.12. The SMILES string of the molecule is CC[SH]1C(NC(=O)Nc2ccc(S(C)(=O)=O)cc2)=C(C(=O)O)C(C)=C1c1ccc([N+](=O)[O-])cc1. The van der Waals surface area contributed by atoms with Crippen molar-refractivity contribution in [2.45, 2.75) is 18.7 Å². The number of nitrogens with one attached hydrogen (secondary N) is 2. The summed E-state index contributed by atoms with van der Waals surface area (Å²) < 4.78 is 23.2. The van der Waals surface area contributed by atoms with Gasteiger partial charge in [-0.3, -0.25) is 10.1 Å². The second kappa shape index (κ2) is 9.69. The fourth-order valence-corrected chi connectivity index (χ4v) is 6.86. The van der Waals surface area contributed by atoms with Gasteiger partial charge in [0.2, 0.25) is 0 Å². The van der Waals surface area contributed by atoms with Gasteiger partial charge < -0.3 is 15.7 Å². The Labute approximate surface area is 198 Å². The molecular formula is C22H23N3O7S2. The minimum atomic E-state index is -3.38. The predicted molar refractivity (Wildman–Crippen MR) is 132 cm³/mol. The summed E-state index contributed by atoms with van der Waals surface area (Å²) in [5.41, 5.74) is 1.39. The molecule has 0 fully saturated rings. The van der Waals surface area contributed by atoms with Crippen molar-refractivity contribution in [3.63, 3.8) is 0 Å². The van der Waals surface area contributed by atoms with E-state index in [0.717, 1.165) is 11.2 Å². The number of carboxylic acids is 1. The fourth-order valence-electron chi connectivity index (χ4n) is 3.62. The van der Waals surface area contributed by atoms with Crippen LogP contribution in [0.2, 0.25) is 0 Å². The zero-order valence-corrected chi connectivity index (χ0v) is 20.2. The monoisotopic (exact) mass is 505 g/mol. The Hall–Kier alpha value is -3.64. The number of anilines is 1. The lowest BCUT2D eigenvalue weighted by Crippen LogP contribution is -2.29. The fraction of sp³-hybridized carbons (Fsp3) is 0.182. The highest BCUT2D eigenvalue weighted by atomic mass is 32.2. The van der Waals surface area contributed by atoms with Gasteiger partial charge in [0.25, 0.3) is 5.69 Å². The number of nitro groups is 1. The average Bonchev–Trinajstić information content (AvgIpc) is 3.04. The maximum Gasteiger partial charge on any atom is 0.338 e. The molecule has 2 amide bonds. The largest absolute Gasteiger partial charge is 0.478 e. The zero-order chi connectivity index (χ0) is 25.2. The molecule has 12 heteroatoms. The number of thiol groups is 1. The molecule has 1 heterocycles. The highest BCUT2D eigenvalue weighted by Crippen LogP contribution is 2.56. The number of non-ortho nitro benzene ring substituents is 1. The van der Waals surface area contributed by atoms with Gasteiger partial charge in [0.05, 0.1) is 20.4 Å². The number of hydrogen-bond acceptors (Lipinski definition) is 6. The summed E-state index contributed by atoms with van der Waals surface area (Å²) in [4.78, 5) is 36.1. The van der Waals surface area contributed by atoms with Gasteiger partial charge in [-0.2, -0.15) is 10.9 Å². The van der Waals surface area contributed by atoms with E-state index in [9.17, 15) is 33.2 Å². The van der Waals surface area contributed by atoms with Gasteiger partial charge in [-0.15, -0.1) is 0 Å². The molecule has 0 bridgehead atoms. The van der Waals surface area contributed by atoms with E-state index in [1.54, 1.807) is 19.1 Å². The molecule has 0 radical (unpaired) electrons. The number of hydrogen-bond donors (Lipinski definition) is 4. The van der Waals surface area contributed by atoms with Crippen molar-refractivity contribution in [3.8, 4) is 0 Å². The molecule has 3 rings (SSSR count). The first-order valence-corrected chi connectivity index (χ1v) is 13.4. The van der Waals surface area contributed by atoms with Crippen molar-refractivity contribution < 1.29 is 28.0 Å². The van der Waals surface area contributed by atoms with Gasteiger partial charge in [-0.1, -0.05) is 6.92 Å². The van der Waals surface area contributed by atoms with Crippen LogP contribution in [-0.4, -0.2) is 42.5 Å². The van der Waals surface area contributed by atoms with Crippen LogP contribution in [0, 0.1) is 10.1 Å². The Balaban J connectivity index is 1.88. The third-order valence-corrected chi connectivity index (χ3v) is 8.93. The molecule has 2 aromatic rings. The quantitative estimate of drug-likeness (QED) is 0.253. The third kappa shape index (κ3) is 5.13. The van der Waals surface area contributed by atoms with E-state index >= 15 is 0 Å². The van der Waals surface area contributed by atoms with Crippen molar-refractivity contribution in [1.29, 1.82) is 0 Å². The summed E-state index contributed by atoms with van der Waals surface area (Å²) in [6.07, 6.45) is 1.08. The van der Waals surface area contributed by atoms with E-state index in [-0.39, 0.29) is 21.2 Å². The molecule has 2 aromatic carbocycles. The minimum Gasteiger partial charge on any atom is -0.478 e. The number of amides is 2. The topological polar surface area (TPSA) is 156 Å². The highest BCUT2D eigenvalue weighted by Gasteiger charge is 2.34. The van der Waals surface area contributed by atoms with E-state index in [0.29, 0.717) is 22.6 Å². The summed E-state index contributed by atoms with van der Waals surface area (Å²) >= 11 is 0. The minimum absolute atomic E-state index is 0.0103. The molecule has 180 valence electrons. The van der Waals surface area contributed by atoms with E-state index in [1.807, 2.05) is 6.92 Å². The number of carbonyl (C=O) groups excluding carboxylic acids is 1. The molecule has 0 spiro atoms. The van der Waals surface area contributed by atoms with E-state index in [4.69, 9.17) is 0 Å². The second-order valence-corrected chi connectivity index (χ2v) is 11.8. The molecule has 0 saturated heterocycles. The summed E-state index contributed by atoms with van der Waals surface area (Å²) in [5.74, 6) is -0.655. The van der Waals surface area contributed by atoms with Crippen molar-refractivity contribution >= 4 is 49.0 Å². The molecule has 1 aliphatic rings. The highest BCUT2D eigenvalue weighted by molar-refractivity contribution is 8.28. The third-order valence-electron chi connectivity index (χ3n) is 5.16. The molecule has 34 heavy (non-hydrogen) atoms. The Morgan fingerprint density at radius 3 is 2.12 bits per heavy atom. The zero-order valence-electron chi connectivity index (χ0n) is 18.5. The normalized spacial score (nSPS) is 17.0. The first kappa shape index (κ1) is 25.0. The summed E-state index contributed by atoms with van der Waals surface area (Å²) in [5, 5.41) is 26.4. The van der Waals surface area contributed by atoms with E-state index in [1.165, 1.54) is 36.4 Å².